The highest BCUT2D eigenvalue weighted by molar-refractivity contribution is 7.92. The number of ether oxygens (including phenoxy) is 3. The fourth-order valence-electron chi connectivity index (χ4n) is 3.03. The highest BCUT2D eigenvalue weighted by atomic mass is 35.5. The van der Waals surface area contributed by atoms with Crippen molar-refractivity contribution >= 4 is 27.4 Å². The van der Waals surface area contributed by atoms with Crippen molar-refractivity contribution in [1.82, 2.24) is 9.97 Å². The molecule has 0 fully saturated rings. The zero-order valence-corrected chi connectivity index (χ0v) is 21.3. The second kappa shape index (κ2) is 10.6. The summed E-state index contributed by atoms with van der Waals surface area (Å²) in [5, 5.41) is -0.0373. The largest absolute Gasteiger partial charge is 0.497 e. The van der Waals surface area contributed by atoms with Gasteiger partial charge in [0.25, 0.3) is 10.0 Å². The number of hydrogen-bond donors (Lipinski definition) is 1. The van der Waals surface area contributed by atoms with Crippen molar-refractivity contribution in [3.8, 4) is 17.2 Å². The summed E-state index contributed by atoms with van der Waals surface area (Å²) < 4.78 is 45.1. The summed E-state index contributed by atoms with van der Waals surface area (Å²) in [6.45, 7) is 6.51. The molecule has 1 heterocycles. The molecule has 0 radical (unpaired) electrons. The molecule has 0 unspecified atom stereocenters. The van der Waals surface area contributed by atoms with Crippen molar-refractivity contribution in [3.63, 3.8) is 0 Å². The molecule has 1 aromatic heterocycles. The van der Waals surface area contributed by atoms with Crippen molar-refractivity contribution in [2.45, 2.75) is 37.5 Å². The van der Waals surface area contributed by atoms with Crippen LogP contribution < -0.4 is 14.2 Å². The lowest BCUT2D eigenvalue weighted by molar-refractivity contribution is 0.200. The summed E-state index contributed by atoms with van der Waals surface area (Å²) in [5.41, 5.74) is 0.907. The summed E-state index contributed by atoms with van der Waals surface area (Å²) in [6, 6.07) is 13.5. The van der Waals surface area contributed by atoms with E-state index in [1.165, 1.54) is 7.11 Å². The van der Waals surface area contributed by atoms with Crippen LogP contribution in [0.2, 0.25) is 5.15 Å². The van der Waals surface area contributed by atoms with Gasteiger partial charge in [0.2, 0.25) is 5.75 Å². The standard InChI is InChI=1S/C24H28ClN3O5S/c1-24(2,3)16-9-11-19(12-10-16)34(29,30)28-23-21(22(25)26-20(27-23)13-14-31-4)33-18-8-6-7-17(15-18)32-5/h6-12,15H,13-14H2,1-5H3,(H,26,27,28). The van der Waals surface area contributed by atoms with Gasteiger partial charge in [-0.3, -0.25) is 4.72 Å². The lowest BCUT2D eigenvalue weighted by Crippen LogP contribution is -2.17. The second-order valence-corrected chi connectivity index (χ2v) is 10.6. The second-order valence-electron chi connectivity index (χ2n) is 8.51. The number of halogens is 1. The summed E-state index contributed by atoms with van der Waals surface area (Å²) in [5.74, 6) is 1.15. The van der Waals surface area contributed by atoms with E-state index in [1.54, 1.807) is 55.6 Å². The van der Waals surface area contributed by atoms with E-state index in [-0.39, 0.29) is 27.0 Å². The van der Waals surface area contributed by atoms with Crippen LogP contribution in [0, 0.1) is 0 Å². The lowest BCUT2D eigenvalue weighted by Gasteiger charge is -2.19. The minimum absolute atomic E-state index is 0.0222. The minimum atomic E-state index is -3.99. The predicted molar refractivity (Wildman–Crippen MR) is 132 cm³/mol. The van der Waals surface area contributed by atoms with Crippen LogP contribution in [0.4, 0.5) is 5.82 Å². The van der Waals surface area contributed by atoms with Crippen molar-refractivity contribution in [3.05, 3.63) is 65.1 Å². The molecule has 2 aromatic carbocycles. The van der Waals surface area contributed by atoms with Crippen molar-refractivity contribution < 1.29 is 22.6 Å². The molecule has 8 nitrogen and oxygen atoms in total. The first-order chi connectivity index (χ1) is 16.0. The normalized spacial score (nSPS) is 11.8. The molecule has 0 aliphatic carbocycles. The Bertz CT molecular complexity index is 1240. The van der Waals surface area contributed by atoms with Gasteiger partial charge in [-0.05, 0) is 35.2 Å². The molecule has 34 heavy (non-hydrogen) atoms. The van der Waals surface area contributed by atoms with Gasteiger partial charge in [0, 0.05) is 19.6 Å². The van der Waals surface area contributed by atoms with E-state index in [2.05, 4.69) is 35.5 Å². The van der Waals surface area contributed by atoms with E-state index >= 15 is 0 Å². The Hall–Kier alpha value is -2.88. The number of rotatable bonds is 9. The number of nitrogens with one attached hydrogen (secondary N) is 1. The number of sulfonamides is 1. The molecule has 10 heteroatoms. The highest BCUT2D eigenvalue weighted by Crippen LogP contribution is 2.36. The van der Waals surface area contributed by atoms with Crippen LogP contribution in [-0.4, -0.2) is 39.2 Å². The summed E-state index contributed by atoms with van der Waals surface area (Å²) in [6.07, 6.45) is 0.338. The van der Waals surface area contributed by atoms with Crippen molar-refractivity contribution in [2.75, 3.05) is 25.5 Å². The number of nitrogens with zero attached hydrogens (tertiary/aromatic N) is 2. The maximum atomic E-state index is 13.2. The maximum absolute atomic E-state index is 13.2. The third-order valence-corrected chi connectivity index (χ3v) is 6.53. The van der Waals surface area contributed by atoms with Crippen molar-refractivity contribution in [2.24, 2.45) is 0 Å². The lowest BCUT2D eigenvalue weighted by atomic mass is 9.87. The molecule has 0 saturated heterocycles. The number of hydrogen-bond acceptors (Lipinski definition) is 7. The van der Waals surface area contributed by atoms with Gasteiger partial charge < -0.3 is 14.2 Å². The Morgan fingerprint density at radius 2 is 1.68 bits per heavy atom. The van der Waals surface area contributed by atoms with E-state index < -0.39 is 10.0 Å². The van der Waals surface area contributed by atoms with Crippen LogP contribution in [0.3, 0.4) is 0 Å². The van der Waals surface area contributed by atoms with Gasteiger partial charge in [-0.25, -0.2) is 18.4 Å². The van der Waals surface area contributed by atoms with Gasteiger partial charge in [-0.1, -0.05) is 50.6 Å². The van der Waals surface area contributed by atoms with Crippen LogP contribution >= 0.6 is 11.6 Å². The smallest absolute Gasteiger partial charge is 0.263 e. The van der Waals surface area contributed by atoms with Crippen LogP contribution in [0.25, 0.3) is 0 Å². The Kier molecular flexibility index (Phi) is 8.01. The summed E-state index contributed by atoms with van der Waals surface area (Å²) >= 11 is 6.40. The van der Waals surface area contributed by atoms with Crippen LogP contribution in [0.1, 0.15) is 32.2 Å². The maximum Gasteiger partial charge on any atom is 0.263 e. The molecule has 3 aromatic rings. The molecule has 0 saturated carbocycles. The SMILES string of the molecule is COCCc1nc(Cl)c(Oc2cccc(OC)c2)c(NS(=O)(=O)c2ccc(C(C)(C)C)cc2)n1. The number of aromatic nitrogens is 2. The van der Waals surface area contributed by atoms with E-state index in [4.69, 9.17) is 25.8 Å². The van der Waals surface area contributed by atoms with Gasteiger partial charge in [0.05, 0.1) is 18.6 Å². The molecule has 0 spiro atoms. The van der Waals surface area contributed by atoms with E-state index in [1.807, 2.05) is 0 Å². The van der Waals surface area contributed by atoms with Gasteiger partial charge >= 0.3 is 0 Å². The third-order valence-electron chi connectivity index (χ3n) is 4.92. The molecule has 0 atom stereocenters. The highest BCUT2D eigenvalue weighted by Gasteiger charge is 2.23. The summed E-state index contributed by atoms with van der Waals surface area (Å²) in [4.78, 5) is 8.67. The molecule has 182 valence electrons. The molecular weight excluding hydrogens is 478 g/mol. The van der Waals surface area contributed by atoms with Gasteiger partial charge in [0.1, 0.15) is 17.3 Å². The van der Waals surface area contributed by atoms with Gasteiger partial charge in [-0.15, -0.1) is 0 Å². The Balaban J connectivity index is 2.00. The van der Waals surface area contributed by atoms with Crippen LogP contribution in [-0.2, 0) is 26.6 Å². The predicted octanol–water partition coefficient (Wildman–Crippen LogP) is 5.22. The quantitative estimate of drug-likeness (QED) is 0.398. The molecule has 3 rings (SSSR count). The number of methoxy groups -OCH3 is 2. The van der Waals surface area contributed by atoms with E-state index in [9.17, 15) is 8.42 Å². The van der Waals surface area contributed by atoms with Gasteiger partial charge in [-0.2, -0.15) is 0 Å². The average Bonchev–Trinajstić information content (AvgIpc) is 2.79. The first kappa shape index (κ1) is 25.7. The monoisotopic (exact) mass is 505 g/mol. The van der Waals surface area contributed by atoms with Gasteiger partial charge in [0.15, 0.2) is 11.0 Å². The van der Waals surface area contributed by atoms with Crippen LogP contribution in [0.5, 0.6) is 17.2 Å². The topological polar surface area (TPSA) is 99.6 Å². The van der Waals surface area contributed by atoms with E-state index in [0.717, 1.165) is 5.56 Å². The zero-order chi connectivity index (χ0) is 24.9. The molecule has 0 aliphatic rings. The van der Waals surface area contributed by atoms with E-state index in [0.29, 0.717) is 30.4 Å². The summed E-state index contributed by atoms with van der Waals surface area (Å²) in [7, 11) is -0.912. The molecule has 0 amide bonds. The number of benzene rings is 2. The molecule has 0 bridgehead atoms. The fraction of sp³-hybridized carbons (Fsp3) is 0.333. The minimum Gasteiger partial charge on any atom is -0.497 e. The Labute approximate surface area is 205 Å². The zero-order valence-electron chi connectivity index (χ0n) is 19.8. The first-order valence-corrected chi connectivity index (χ1v) is 12.4. The third kappa shape index (κ3) is 6.37. The fourth-order valence-corrected chi connectivity index (χ4v) is 4.26. The molecule has 0 aliphatic heterocycles. The molecular formula is C24H28ClN3O5S. The van der Waals surface area contributed by atoms with Crippen molar-refractivity contribution in [1.29, 1.82) is 0 Å². The average molecular weight is 506 g/mol. The number of anilines is 1. The first-order valence-electron chi connectivity index (χ1n) is 10.5. The Morgan fingerprint density at radius 1 is 1.00 bits per heavy atom. The molecule has 1 N–H and O–H groups in total. The van der Waals surface area contributed by atoms with Crippen LogP contribution in [0.15, 0.2) is 53.4 Å². The Morgan fingerprint density at radius 3 is 2.29 bits per heavy atom.